The molecule has 9 heavy (non-hydrogen) atoms. The van der Waals surface area contributed by atoms with E-state index in [4.69, 9.17) is 5.11 Å². The fraction of sp³-hybridized carbons (Fsp3) is 0.667. The van der Waals surface area contributed by atoms with Crippen LogP contribution < -0.4 is 0 Å². The lowest BCUT2D eigenvalue weighted by molar-refractivity contribution is 0.149. The molecule has 1 amide bonds. The van der Waals surface area contributed by atoms with Crippen LogP contribution in [0.25, 0.3) is 0 Å². The van der Waals surface area contributed by atoms with Crippen LogP contribution in [0.1, 0.15) is 19.3 Å². The van der Waals surface area contributed by atoms with Crippen molar-refractivity contribution in [3.05, 3.63) is 6.54 Å². The predicted octanol–water partition coefficient (Wildman–Crippen LogP) is 1.19. The average Bonchev–Trinajstić information content (AvgIpc) is 1.90. The van der Waals surface area contributed by atoms with Crippen LogP contribution in [0.15, 0.2) is 0 Å². The lowest BCUT2D eigenvalue weighted by atomic mass is 10.1. The summed E-state index contributed by atoms with van der Waals surface area (Å²) in [4.78, 5) is 11.4. The first-order valence-electron chi connectivity index (χ1n) is 3.04. The zero-order valence-electron chi connectivity index (χ0n) is 5.13. The fourth-order valence-corrected chi connectivity index (χ4v) is 0.851. The number of hydrogen-bond donors (Lipinski definition) is 1. The molecule has 0 aromatic heterocycles. The Labute approximate surface area is 54.3 Å². The largest absolute Gasteiger partial charge is 0.465 e. The van der Waals surface area contributed by atoms with Gasteiger partial charge in [0.25, 0.3) is 0 Å². The van der Waals surface area contributed by atoms with Crippen molar-refractivity contribution in [2.24, 2.45) is 0 Å². The fourth-order valence-electron chi connectivity index (χ4n) is 0.851. The van der Waals surface area contributed by atoms with E-state index in [9.17, 15) is 4.79 Å². The highest BCUT2D eigenvalue weighted by Crippen LogP contribution is 2.11. The molecule has 0 aromatic rings. The van der Waals surface area contributed by atoms with E-state index in [2.05, 4.69) is 6.54 Å². The second-order valence-corrected chi connectivity index (χ2v) is 2.05. The van der Waals surface area contributed by atoms with Gasteiger partial charge in [-0.05, 0) is 19.3 Å². The first kappa shape index (κ1) is 6.39. The molecule has 1 N–H and O–H groups in total. The first-order chi connectivity index (χ1) is 4.30. The summed E-state index contributed by atoms with van der Waals surface area (Å²) in [7, 11) is 0. The number of hydrogen-bond acceptors (Lipinski definition) is 1. The quantitative estimate of drug-likeness (QED) is 0.531. The summed E-state index contributed by atoms with van der Waals surface area (Å²) in [5.74, 6) is 0. The standard InChI is InChI=1S/C6H9NO2/c8-6(9)7-4-2-1-3-5-7/h1-4H2,(H,8,9). The minimum absolute atomic E-state index is 0.620. The zero-order chi connectivity index (χ0) is 6.69. The monoisotopic (exact) mass is 127 g/mol. The van der Waals surface area contributed by atoms with Crippen LogP contribution in [0.5, 0.6) is 0 Å². The second kappa shape index (κ2) is 2.71. The van der Waals surface area contributed by atoms with Gasteiger partial charge in [-0.25, -0.2) is 4.79 Å². The van der Waals surface area contributed by atoms with Crippen molar-refractivity contribution in [1.29, 1.82) is 0 Å². The summed E-state index contributed by atoms with van der Waals surface area (Å²) in [6.07, 6.45) is 1.95. The third-order valence-corrected chi connectivity index (χ3v) is 1.34. The molecule has 3 heteroatoms. The molecule has 0 unspecified atom stereocenters. The van der Waals surface area contributed by atoms with Crippen molar-refractivity contribution in [3.8, 4) is 0 Å². The van der Waals surface area contributed by atoms with Gasteiger partial charge >= 0.3 is 6.09 Å². The van der Waals surface area contributed by atoms with Crippen LogP contribution >= 0.6 is 0 Å². The molecule has 0 aromatic carbocycles. The van der Waals surface area contributed by atoms with Gasteiger partial charge < -0.3 is 5.11 Å². The van der Waals surface area contributed by atoms with Crippen LogP contribution in [0.2, 0.25) is 0 Å². The molecule has 0 atom stereocenters. The van der Waals surface area contributed by atoms with Crippen LogP contribution in [-0.4, -0.2) is 22.6 Å². The molecular formula is C6H9NO2. The van der Waals surface area contributed by atoms with Crippen molar-refractivity contribution >= 4 is 6.09 Å². The molecule has 3 nitrogen and oxygen atoms in total. The molecule has 50 valence electrons. The lowest BCUT2D eigenvalue weighted by Gasteiger charge is -2.21. The molecular weight excluding hydrogens is 118 g/mol. The highest BCUT2D eigenvalue weighted by molar-refractivity contribution is 5.65. The van der Waals surface area contributed by atoms with E-state index in [1.54, 1.807) is 0 Å². The Morgan fingerprint density at radius 2 is 2.33 bits per heavy atom. The number of piperidine rings is 1. The highest BCUT2D eigenvalue weighted by atomic mass is 16.4. The number of carbonyl (C=O) groups is 1. The molecule has 0 aliphatic carbocycles. The third kappa shape index (κ3) is 1.59. The first-order valence-corrected chi connectivity index (χ1v) is 3.04. The minimum Gasteiger partial charge on any atom is -0.465 e. The molecule has 1 aliphatic heterocycles. The maximum absolute atomic E-state index is 10.2. The van der Waals surface area contributed by atoms with Gasteiger partial charge in [-0.3, -0.25) is 4.90 Å². The van der Waals surface area contributed by atoms with Crippen LogP contribution in [-0.2, 0) is 0 Å². The summed E-state index contributed by atoms with van der Waals surface area (Å²) in [6.45, 7) is 3.37. The van der Waals surface area contributed by atoms with E-state index >= 15 is 0 Å². The number of likely N-dealkylation sites (tertiary alicyclic amines) is 1. The minimum atomic E-state index is -0.880. The van der Waals surface area contributed by atoms with Gasteiger partial charge in [0.2, 0.25) is 0 Å². The summed E-state index contributed by atoms with van der Waals surface area (Å²) >= 11 is 0. The van der Waals surface area contributed by atoms with Crippen LogP contribution in [0.4, 0.5) is 4.79 Å². The molecule has 2 radical (unpaired) electrons. The Hall–Kier alpha value is -0.730. The Bertz CT molecular complexity index is 108. The van der Waals surface area contributed by atoms with Gasteiger partial charge in [0.1, 0.15) is 0 Å². The van der Waals surface area contributed by atoms with Crippen LogP contribution in [0.3, 0.4) is 0 Å². The van der Waals surface area contributed by atoms with Crippen molar-refractivity contribution in [3.63, 3.8) is 0 Å². The van der Waals surface area contributed by atoms with Gasteiger partial charge in [0.05, 0.1) is 6.54 Å². The molecule has 0 saturated carbocycles. The zero-order valence-corrected chi connectivity index (χ0v) is 5.13. The summed E-state index contributed by atoms with van der Waals surface area (Å²) in [6, 6.07) is 0. The number of rotatable bonds is 0. The van der Waals surface area contributed by atoms with Crippen molar-refractivity contribution in [2.45, 2.75) is 19.3 Å². The predicted molar refractivity (Wildman–Crippen MR) is 31.8 cm³/mol. The molecule has 1 fully saturated rings. The van der Waals surface area contributed by atoms with E-state index < -0.39 is 6.09 Å². The number of carboxylic acid groups (broad SMARTS) is 1. The summed E-state index contributed by atoms with van der Waals surface area (Å²) in [5, 5.41) is 8.40. The van der Waals surface area contributed by atoms with Gasteiger partial charge in [-0.2, -0.15) is 0 Å². The van der Waals surface area contributed by atoms with Crippen molar-refractivity contribution < 1.29 is 9.90 Å². The normalized spacial score (nSPS) is 19.8. The van der Waals surface area contributed by atoms with E-state index in [-0.39, 0.29) is 0 Å². The smallest absolute Gasteiger partial charge is 0.407 e. The Morgan fingerprint density at radius 1 is 1.56 bits per heavy atom. The van der Waals surface area contributed by atoms with Crippen LogP contribution in [0, 0.1) is 6.54 Å². The molecule has 1 rings (SSSR count). The molecule has 1 heterocycles. The lowest BCUT2D eigenvalue weighted by Crippen LogP contribution is -2.30. The van der Waals surface area contributed by atoms with Gasteiger partial charge in [0, 0.05) is 6.54 Å². The SMILES string of the molecule is O=C(O)N1[C]CCCC1. The highest BCUT2D eigenvalue weighted by Gasteiger charge is 2.15. The maximum atomic E-state index is 10.2. The molecule has 0 spiro atoms. The summed E-state index contributed by atoms with van der Waals surface area (Å²) in [5.41, 5.74) is 0. The molecule has 0 bridgehead atoms. The average molecular weight is 127 g/mol. The Morgan fingerprint density at radius 3 is 2.67 bits per heavy atom. The van der Waals surface area contributed by atoms with E-state index in [1.165, 1.54) is 4.90 Å². The van der Waals surface area contributed by atoms with Gasteiger partial charge in [-0.15, -0.1) is 0 Å². The maximum Gasteiger partial charge on any atom is 0.407 e. The molecule has 1 aliphatic rings. The Balaban J connectivity index is 2.31. The Kier molecular flexibility index (Phi) is 1.92. The second-order valence-electron chi connectivity index (χ2n) is 2.05. The van der Waals surface area contributed by atoms with Crippen molar-refractivity contribution in [2.75, 3.05) is 6.54 Å². The van der Waals surface area contributed by atoms with Gasteiger partial charge in [0.15, 0.2) is 0 Å². The molecule has 1 saturated heterocycles. The number of amides is 1. The number of nitrogens with zero attached hydrogens (tertiary/aromatic N) is 1. The third-order valence-electron chi connectivity index (χ3n) is 1.34. The van der Waals surface area contributed by atoms with E-state index in [0.29, 0.717) is 6.54 Å². The topological polar surface area (TPSA) is 40.5 Å². The van der Waals surface area contributed by atoms with Crippen molar-refractivity contribution in [1.82, 2.24) is 4.90 Å². The summed E-state index contributed by atoms with van der Waals surface area (Å²) < 4.78 is 0. The van der Waals surface area contributed by atoms with Gasteiger partial charge in [-0.1, -0.05) is 0 Å². The van der Waals surface area contributed by atoms with E-state index in [0.717, 1.165) is 19.3 Å². The van der Waals surface area contributed by atoms with E-state index in [1.807, 2.05) is 0 Å².